The number of rotatable bonds is 2. The fourth-order valence-electron chi connectivity index (χ4n) is 2.30. The topological polar surface area (TPSA) is 56.1 Å². The van der Waals surface area contributed by atoms with Gasteiger partial charge in [0.05, 0.1) is 12.2 Å². The van der Waals surface area contributed by atoms with Crippen LogP contribution in [0.1, 0.15) is 4.88 Å². The molecule has 0 unspecified atom stereocenters. The standard InChI is InChI=1S/C17H13F4N3O3S/c1-4-7-23(3)14(25)22-15-24(9-10(2)28-15)11-5-6-12-13(8-11)27-17(20,21)16(18,19)26-12/h1,5-6,8-9H,7H2,2-3H3/b22-15-. The Hall–Kier alpha value is -3.00. The predicted octanol–water partition coefficient (Wildman–Crippen LogP) is 3.39. The van der Waals surface area contributed by atoms with Crippen LogP contribution in [0.3, 0.4) is 0 Å². The number of amides is 2. The van der Waals surface area contributed by atoms with E-state index in [0.717, 1.165) is 17.0 Å². The second kappa shape index (κ2) is 6.87. The molecule has 1 aromatic heterocycles. The van der Waals surface area contributed by atoms with Crippen LogP contribution >= 0.6 is 11.3 Å². The molecule has 1 aliphatic rings. The van der Waals surface area contributed by atoms with Gasteiger partial charge in [0.2, 0.25) is 0 Å². The second-order valence-electron chi connectivity index (χ2n) is 5.82. The largest absolute Gasteiger partial charge is 0.507 e. The number of alkyl halides is 4. The third-order valence-corrected chi connectivity index (χ3v) is 4.53. The highest BCUT2D eigenvalue weighted by molar-refractivity contribution is 7.09. The van der Waals surface area contributed by atoms with Crippen molar-refractivity contribution in [2.45, 2.75) is 19.1 Å². The Morgan fingerprint density at radius 2 is 1.93 bits per heavy atom. The summed E-state index contributed by atoms with van der Waals surface area (Å²) in [6, 6.07) is 2.92. The normalized spacial score (nSPS) is 17.1. The van der Waals surface area contributed by atoms with Crippen LogP contribution in [-0.2, 0) is 0 Å². The van der Waals surface area contributed by atoms with Gasteiger partial charge in [-0.1, -0.05) is 5.92 Å². The van der Waals surface area contributed by atoms with Crippen molar-refractivity contribution in [1.82, 2.24) is 9.47 Å². The van der Waals surface area contributed by atoms with E-state index < -0.39 is 29.7 Å². The monoisotopic (exact) mass is 415 g/mol. The zero-order chi connectivity index (χ0) is 20.7. The van der Waals surface area contributed by atoms with Crippen LogP contribution in [0, 0.1) is 19.3 Å². The van der Waals surface area contributed by atoms with Gasteiger partial charge in [-0.3, -0.25) is 4.57 Å². The molecule has 2 amide bonds. The number of halogens is 4. The molecule has 0 saturated carbocycles. The van der Waals surface area contributed by atoms with E-state index in [1.165, 1.54) is 33.9 Å². The molecule has 0 N–H and O–H groups in total. The number of fused-ring (bicyclic) bond motifs is 1. The number of terminal acetylenes is 1. The first-order valence-electron chi connectivity index (χ1n) is 7.74. The van der Waals surface area contributed by atoms with E-state index in [9.17, 15) is 22.4 Å². The second-order valence-corrected chi connectivity index (χ2v) is 7.03. The molecular weight excluding hydrogens is 402 g/mol. The predicted molar refractivity (Wildman–Crippen MR) is 92.0 cm³/mol. The number of urea groups is 1. The number of ether oxygens (including phenoxy) is 2. The summed E-state index contributed by atoms with van der Waals surface area (Å²) in [6.07, 6.45) is -2.84. The molecule has 28 heavy (non-hydrogen) atoms. The van der Waals surface area contributed by atoms with Crippen LogP contribution in [-0.4, -0.2) is 41.3 Å². The van der Waals surface area contributed by atoms with Gasteiger partial charge in [0.15, 0.2) is 16.3 Å². The molecular formula is C17H13F4N3O3S. The smallest absolute Gasteiger partial charge is 0.421 e. The van der Waals surface area contributed by atoms with Gasteiger partial charge in [0.1, 0.15) is 0 Å². The van der Waals surface area contributed by atoms with E-state index in [2.05, 4.69) is 20.4 Å². The van der Waals surface area contributed by atoms with Gasteiger partial charge >= 0.3 is 18.2 Å². The molecule has 1 aliphatic heterocycles. The first-order chi connectivity index (χ1) is 13.0. The van der Waals surface area contributed by atoms with Crippen LogP contribution < -0.4 is 14.3 Å². The lowest BCUT2D eigenvalue weighted by atomic mass is 10.2. The van der Waals surface area contributed by atoms with Gasteiger partial charge in [-0.15, -0.1) is 17.8 Å². The lowest BCUT2D eigenvalue weighted by Gasteiger charge is -2.31. The molecule has 2 heterocycles. The molecule has 0 aliphatic carbocycles. The highest BCUT2D eigenvalue weighted by Gasteiger charge is 2.65. The van der Waals surface area contributed by atoms with E-state index in [1.807, 2.05) is 0 Å². The maximum absolute atomic E-state index is 13.4. The number of thiazole rings is 1. The SMILES string of the molecule is C#CCN(C)C(=O)/N=c1\sc(C)cn1-c1ccc2c(c1)OC(F)(F)C(F)(F)O2. The maximum atomic E-state index is 13.4. The molecule has 11 heteroatoms. The average molecular weight is 415 g/mol. The van der Waals surface area contributed by atoms with Crippen molar-refractivity contribution in [3.05, 3.63) is 34.1 Å². The Bertz CT molecular complexity index is 1040. The Kier molecular flexibility index (Phi) is 4.84. The molecule has 0 radical (unpaired) electrons. The number of carbonyl (C=O) groups is 1. The maximum Gasteiger partial charge on any atom is 0.507 e. The van der Waals surface area contributed by atoms with E-state index in [1.54, 1.807) is 13.1 Å². The fraction of sp³-hybridized carbons (Fsp3) is 0.294. The summed E-state index contributed by atoms with van der Waals surface area (Å²) >= 11 is 1.17. The van der Waals surface area contributed by atoms with Crippen LogP contribution in [0.2, 0.25) is 0 Å². The van der Waals surface area contributed by atoms with Crippen molar-refractivity contribution in [3.63, 3.8) is 0 Å². The molecule has 148 valence electrons. The van der Waals surface area contributed by atoms with Crippen molar-refractivity contribution in [2.75, 3.05) is 13.6 Å². The van der Waals surface area contributed by atoms with E-state index in [-0.39, 0.29) is 17.0 Å². The summed E-state index contributed by atoms with van der Waals surface area (Å²) in [5.41, 5.74) is 0.263. The van der Waals surface area contributed by atoms with Crippen LogP contribution in [0.5, 0.6) is 11.5 Å². The number of aromatic nitrogens is 1. The number of hydrogen-bond donors (Lipinski definition) is 0. The zero-order valence-corrected chi connectivity index (χ0v) is 15.4. The van der Waals surface area contributed by atoms with Crippen LogP contribution in [0.4, 0.5) is 22.4 Å². The number of aryl methyl sites for hydroxylation is 1. The highest BCUT2D eigenvalue weighted by atomic mass is 32.1. The van der Waals surface area contributed by atoms with Crippen molar-refractivity contribution < 1.29 is 31.8 Å². The van der Waals surface area contributed by atoms with Crippen molar-refractivity contribution in [1.29, 1.82) is 0 Å². The van der Waals surface area contributed by atoms with Gasteiger partial charge in [-0.05, 0) is 19.1 Å². The Morgan fingerprint density at radius 3 is 2.57 bits per heavy atom. The first kappa shape index (κ1) is 19.8. The van der Waals surface area contributed by atoms with Crippen molar-refractivity contribution in [3.8, 4) is 29.5 Å². The lowest BCUT2D eigenvalue weighted by molar-refractivity contribution is -0.391. The van der Waals surface area contributed by atoms with E-state index in [0.29, 0.717) is 0 Å². The molecule has 3 rings (SSSR count). The third-order valence-electron chi connectivity index (χ3n) is 3.64. The third kappa shape index (κ3) is 3.55. The minimum Gasteiger partial charge on any atom is -0.421 e. The number of hydrogen-bond acceptors (Lipinski definition) is 4. The minimum atomic E-state index is -4.82. The van der Waals surface area contributed by atoms with Gasteiger partial charge in [-0.2, -0.15) is 22.6 Å². The quantitative estimate of drug-likeness (QED) is 0.558. The molecule has 6 nitrogen and oxygen atoms in total. The van der Waals surface area contributed by atoms with Gasteiger partial charge in [0, 0.05) is 24.2 Å². The fourth-order valence-corrected chi connectivity index (χ4v) is 3.12. The highest BCUT2D eigenvalue weighted by Crippen LogP contribution is 2.47. The summed E-state index contributed by atoms with van der Waals surface area (Å²) in [5.74, 6) is 1.22. The van der Waals surface area contributed by atoms with Crippen molar-refractivity contribution in [2.24, 2.45) is 4.99 Å². The number of nitrogens with zero attached hydrogens (tertiary/aromatic N) is 3. The number of carbonyl (C=O) groups excluding carboxylic acids is 1. The van der Waals surface area contributed by atoms with E-state index in [4.69, 9.17) is 6.42 Å². The summed E-state index contributed by atoms with van der Waals surface area (Å²) in [4.78, 5) is 18.3. The van der Waals surface area contributed by atoms with E-state index >= 15 is 0 Å². The molecule has 0 saturated heterocycles. The van der Waals surface area contributed by atoms with Gasteiger partial charge in [0.25, 0.3) is 0 Å². The molecule has 1 aromatic carbocycles. The van der Waals surface area contributed by atoms with Gasteiger partial charge in [-0.25, -0.2) is 4.79 Å². The Labute approximate surface area is 160 Å². The van der Waals surface area contributed by atoms with Gasteiger partial charge < -0.3 is 14.4 Å². The average Bonchev–Trinajstić information content (AvgIpc) is 2.95. The Morgan fingerprint density at radius 1 is 1.29 bits per heavy atom. The Balaban J connectivity index is 2.03. The lowest BCUT2D eigenvalue weighted by Crippen LogP contribution is -2.52. The summed E-state index contributed by atoms with van der Waals surface area (Å²) in [7, 11) is 1.48. The summed E-state index contributed by atoms with van der Waals surface area (Å²) in [6.45, 7) is 1.81. The summed E-state index contributed by atoms with van der Waals surface area (Å²) < 4.78 is 63.0. The molecule has 0 fully saturated rings. The van der Waals surface area contributed by atoms with Crippen LogP contribution in [0.15, 0.2) is 29.4 Å². The molecule has 0 bridgehead atoms. The molecule has 0 spiro atoms. The molecule has 0 atom stereocenters. The first-order valence-corrected chi connectivity index (χ1v) is 8.56. The minimum absolute atomic E-state index is 0.0556. The number of benzene rings is 1. The van der Waals surface area contributed by atoms with Crippen LogP contribution in [0.25, 0.3) is 5.69 Å². The summed E-state index contributed by atoms with van der Waals surface area (Å²) in [5, 5.41) is 0. The van der Waals surface area contributed by atoms with Crippen molar-refractivity contribution >= 4 is 17.4 Å². The zero-order valence-electron chi connectivity index (χ0n) is 14.6. The molecule has 2 aromatic rings.